The van der Waals surface area contributed by atoms with Crippen LogP contribution in [0.4, 0.5) is 8.78 Å². The van der Waals surface area contributed by atoms with Crippen molar-refractivity contribution in [1.29, 1.82) is 0 Å². The second-order valence-electron chi connectivity index (χ2n) is 3.38. The SMILES string of the molecule is FC(F)Oc1ccnc(-c2ccc(Cl)cc2Cl)c1. The molecule has 0 radical (unpaired) electrons. The van der Waals surface area contributed by atoms with Crippen molar-refractivity contribution < 1.29 is 13.5 Å². The van der Waals surface area contributed by atoms with Gasteiger partial charge in [-0.05, 0) is 24.3 Å². The number of halogens is 4. The molecule has 0 saturated carbocycles. The molecule has 2 aromatic rings. The summed E-state index contributed by atoms with van der Waals surface area (Å²) < 4.78 is 28.5. The van der Waals surface area contributed by atoms with E-state index in [1.165, 1.54) is 18.3 Å². The first-order chi connectivity index (χ1) is 8.56. The molecule has 18 heavy (non-hydrogen) atoms. The van der Waals surface area contributed by atoms with Crippen LogP contribution >= 0.6 is 23.2 Å². The molecule has 0 saturated heterocycles. The highest BCUT2D eigenvalue weighted by Crippen LogP contribution is 2.30. The van der Waals surface area contributed by atoms with Crippen LogP contribution in [0, 0.1) is 0 Å². The molecule has 0 unspecified atom stereocenters. The predicted molar refractivity (Wildman–Crippen MR) is 66.3 cm³/mol. The maximum Gasteiger partial charge on any atom is 0.387 e. The third-order valence-electron chi connectivity index (χ3n) is 2.16. The minimum atomic E-state index is -2.87. The zero-order valence-electron chi connectivity index (χ0n) is 8.91. The largest absolute Gasteiger partial charge is 0.435 e. The fourth-order valence-electron chi connectivity index (χ4n) is 1.43. The van der Waals surface area contributed by atoms with Gasteiger partial charge in [0, 0.05) is 22.8 Å². The summed E-state index contributed by atoms with van der Waals surface area (Å²) in [5.41, 5.74) is 1.04. The van der Waals surface area contributed by atoms with Crippen LogP contribution in [0.5, 0.6) is 5.75 Å². The van der Waals surface area contributed by atoms with E-state index in [0.717, 1.165) is 0 Å². The second kappa shape index (κ2) is 5.50. The van der Waals surface area contributed by atoms with Crippen molar-refractivity contribution in [2.24, 2.45) is 0 Å². The van der Waals surface area contributed by atoms with Gasteiger partial charge in [0.1, 0.15) is 5.75 Å². The van der Waals surface area contributed by atoms with Crippen LogP contribution in [0.3, 0.4) is 0 Å². The molecular formula is C12H7Cl2F2NO. The Labute approximate surface area is 112 Å². The minimum absolute atomic E-state index is 0.0287. The van der Waals surface area contributed by atoms with Gasteiger partial charge in [-0.25, -0.2) is 0 Å². The van der Waals surface area contributed by atoms with Gasteiger partial charge in [0.2, 0.25) is 0 Å². The average molecular weight is 290 g/mol. The van der Waals surface area contributed by atoms with Crippen LogP contribution in [-0.2, 0) is 0 Å². The van der Waals surface area contributed by atoms with E-state index in [0.29, 0.717) is 21.3 Å². The number of rotatable bonds is 3. The number of aromatic nitrogens is 1. The number of hydrogen-bond acceptors (Lipinski definition) is 2. The van der Waals surface area contributed by atoms with E-state index in [1.807, 2.05) is 0 Å². The monoisotopic (exact) mass is 289 g/mol. The Morgan fingerprint density at radius 2 is 1.89 bits per heavy atom. The number of benzene rings is 1. The Morgan fingerprint density at radius 3 is 2.56 bits per heavy atom. The minimum Gasteiger partial charge on any atom is -0.435 e. The first-order valence-electron chi connectivity index (χ1n) is 4.92. The van der Waals surface area contributed by atoms with Crippen molar-refractivity contribution in [2.45, 2.75) is 6.61 Å². The van der Waals surface area contributed by atoms with Crippen LogP contribution in [0.1, 0.15) is 0 Å². The average Bonchev–Trinajstić information content (AvgIpc) is 2.28. The van der Waals surface area contributed by atoms with Gasteiger partial charge in [-0.1, -0.05) is 23.2 Å². The van der Waals surface area contributed by atoms with Crippen molar-refractivity contribution in [3.63, 3.8) is 0 Å². The maximum absolute atomic E-state index is 12.1. The molecule has 0 aliphatic rings. The molecule has 0 N–H and O–H groups in total. The summed E-state index contributed by atoms with van der Waals surface area (Å²) >= 11 is 11.8. The third-order valence-corrected chi connectivity index (χ3v) is 2.71. The standard InChI is InChI=1S/C12H7Cl2F2NO/c13-7-1-2-9(10(14)5-7)11-6-8(3-4-17-11)18-12(15)16/h1-6,12H. The topological polar surface area (TPSA) is 22.1 Å². The molecule has 1 aromatic heterocycles. The molecule has 6 heteroatoms. The van der Waals surface area contributed by atoms with E-state index in [1.54, 1.807) is 18.2 Å². The molecule has 0 aliphatic carbocycles. The smallest absolute Gasteiger partial charge is 0.387 e. The molecule has 1 heterocycles. The number of hydrogen-bond donors (Lipinski definition) is 0. The van der Waals surface area contributed by atoms with Gasteiger partial charge in [-0.2, -0.15) is 8.78 Å². The molecule has 0 fully saturated rings. The fourth-order valence-corrected chi connectivity index (χ4v) is 1.94. The zero-order valence-corrected chi connectivity index (χ0v) is 10.4. The van der Waals surface area contributed by atoms with Crippen molar-refractivity contribution in [3.05, 3.63) is 46.6 Å². The Bertz CT molecular complexity index is 564. The van der Waals surface area contributed by atoms with Gasteiger partial charge in [-0.3, -0.25) is 4.98 Å². The molecule has 0 spiro atoms. The number of alkyl halides is 2. The highest BCUT2D eigenvalue weighted by Gasteiger charge is 2.09. The zero-order chi connectivity index (χ0) is 13.1. The molecule has 2 rings (SSSR count). The lowest BCUT2D eigenvalue weighted by atomic mass is 10.1. The first kappa shape index (κ1) is 13.1. The van der Waals surface area contributed by atoms with Crippen LogP contribution in [0.25, 0.3) is 11.3 Å². The molecule has 0 amide bonds. The van der Waals surface area contributed by atoms with Crippen molar-refractivity contribution in [1.82, 2.24) is 4.98 Å². The maximum atomic E-state index is 12.1. The first-order valence-corrected chi connectivity index (χ1v) is 5.68. The molecule has 1 aromatic carbocycles. The fraction of sp³-hybridized carbons (Fsp3) is 0.0833. The van der Waals surface area contributed by atoms with Crippen LogP contribution in [0.2, 0.25) is 10.0 Å². The Morgan fingerprint density at radius 1 is 1.11 bits per heavy atom. The van der Waals surface area contributed by atoms with Crippen LogP contribution < -0.4 is 4.74 Å². The summed E-state index contributed by atoms with van der Waals surface area (Å²) in [7, 11) is 0. The molecule has 0 atom stereocenters. The lowest BCUT2D eigenvalue weighted by molar-refractivity contribution is -0.0498. The van der Waals surface area contributed by atoms with E-state index in [-0.39, 0.29) is 5.75 Å². The van der Waals surface area contributed by atoms with Gasteiger partial charge in [0.05, 0.1) is 10.7 Å². The molecule has 0 bridgehead atoms. The molecule has 0 aliphatic heterocycles. The summed E-state index contributed by atoms with van der Waals surface area (Å²) in [6, 6.07) is 7.60. The second-order valence-corrected chi connectivity index (χ2v) is 4.22. The van der Waals surface area contributed by atoms with Gasteiger partial charge in [-0.15, -0.1) is 0 Å². The lowest BCUT2D eigenvalue weighted by Gasteiger charge is -2.07. The number of pyridine rings is 1. The third kappa shape index (κ3) is 3.09. The van der Waals surface area contributed by atoms with E-state index >= 15 is 0 Å². The normalized spacial score (nSPS) is 10.7. The number of ether oxygens (including phenoxy) is 1. The summed E-state index contributed by atoms with van der Waals surface area (Å²) in [6.45, 7) is -2.87. The van der Waals surface area contributed by atoms with Crippen LogP contribution in [0.15, 0.2) is 36.5 Å². The van der Waals surface area contributed by atoms with Crippen molar-refractivity contribution in [3.8, 4) is 17.0 Å². The van der Waals surface area contributed by atoms with E-state index < -0.39 is 6.61 Å². The highest BCUT2D eigenvalue weighted by molar-refractivity contribution is 6.36. The summed E-state index contributed by atoms with van der Waals surface area (Å²) in [5.74, 6) is 0.0287. The van der Waals surface area contributed by atoms with E-state index in [2.05, 4.69) is 9.72 Å². The predicted octanol–water partition coefficient (Wildman–Crippen LogP) is 4.66. The van der Waals surface area contributed by atoms with E-state index in [9.17, 15) is 8.78 Å². The molecule has 94 valence electrons. The summed E-state index contributed by atoms with van der Waals surface area (Å²) in [5, 5.41) is 0.882. The molecular weight excluding hydrogens is 283 g/mol. The number of nitrogens with zero attached hydrogens (tertiary/aromatic N) is 1. The van der Waals surface area contributed by atoms with E-state index in [4.69, 9.17) is 23.2 Å². The summed E-state index contributed by atoms with van der Waals surface area (Å²) in [6.07, 6.45) is 1.37. The van der Waals surface area contributed by atoms with Crippen molar-refractivity contribution >= 4 is 23.2 Å². The van der Waals surface area contributed by atoms with Gasteiger partial charge < -0.3 is 4.74 Å². The lowest BCUT2D eigenvalue weighted by Crippen LogP contribution is -2.02. The van der Waals surface area contributed by atoms with Gasteiger partial charge in [0.15, 0.2) is 0 Å². The van der Waals surface area contributed by atoms with Crippen molar-refractivity contribution in [2.75, 3.05) is 0 Å². The summed E-state index contributed by atoms with van der Waals surface area (Å²) in [4.78, 5) is 4.06. The van der Waals surface area contributed by atoms with Crippen LogP contribution in [-0.4, -0.2) is 11.6 Å². The van der Waals surface area contributed by atoms with Gasteiger partial charge in [0.25, 0.3) is 0 Å². The highest BCUT2D eigenvalue weighted by atomic mass is 35.5. The Balaban J connectivity index is 2.38. The van der Waals surface area contributed by atoms with Gasteiger partial charge >= 0.3 is 6.61 Å². The quantitative estimate of drug-likeness (QED) is 0.820. The Kier molecular flexibility index (Phi) is 3.99. The Hall–Kier alpha value is -1.39. The molecule has 2 nitrogen and oxygen atoms in total.